The Hall–Kier alpha value is -3.54. The molecule has 0 N–H and O–H groups in total. The van der Waals surface area contributed by atoms with Gasteiger partial charge in [-0.25, -0.2) is 9.19 Å². The van der Waals surface area contributed by atoms with Gasteiger partial charge in [-0.15, -0.1) is 0 Å². The van der Waals surface area contributed by atoms with Crippen LogP contribution in [0.25, 0.3) is 22.3 Å². The van der Waals surface area contributed by atoms with E-state index in [1.54, 1.807) is 26.5 Å². The van der Waals surface area contributed by atoms with Gasteiger partial charge in [0.05, 0.1) is 60.8 Å². The summed E-state index contributed by atoms with van der Waals surface area (Å²) in [6, 6.07) is 11.1. The second-order valence-electron chi connectivity index (χ2n) is 7.85. The van der Waals surface area contributed by atoms with E-state index in [-0.39, 0.29) is 13.2 Å². The number of rotatable bonds is 9. The monoisotopic (exact) mass is 496 g/mol. The van der Waals surface area contributed by atoms with Crippen LogP contribution in [0.4, 0.5) is 11.4 Å². The first-order valence-electron chi connectivity index (χ1n) is 10.8. The fraction of sp³-hybridized carbons (Fsp3) is 0.292. The van der Waals surface area contributed by atoms with E-state index in [4.69, 9.17) is 18.6 Å². The fourth-order valence-corrected chi connectivity index (χ4v) is 4.20. The number of methoxy groups -OCH3 is 2. The minimum atomic E-state index is -2.61. The van der Waals surface area contributed by atoms with Gasteiger partial charge in [0.15, 0.2) is 0 Å². The van der Waals surface area contributed by atoms with E-state index in [0.29, 0.717) is 17.0 Å². The molecule has 0 fully saturated rings. The normalized spacial score (nSPS) is 12.1. The molecule has 0 saturated heterocycles. The Kier molecular flexibility index (Phi) is 7.29. The highest BCUT2D eigenvalue weighted by atomic mass is 32.2. The van der Waals surface area contributed by atoms with E-state index in [9.17, 15) is 8.76 Å². The molecule has 0 bridgehead atoms. The molecule has 1 unspecified atom stereocenters. The maximum absolute atomic E-state index is 11.0. The third-order valence-corrected chi connectivity index (χ3v) is 6.10. The molecule has 11 heteroatoms. The van der Waals surface area contributed by atoms with Crippen LogP contribution < -0.4 is 14.4 Å². The van der Waals surface area contributed by atoms with Gasteiger partial charge in [-0.3, -0.25) is 13.8 Å². The lowest BCUT2D eigenvalue weighted by Gasteiger charge is -2.26. The summed E-state index contributed by atoms with van der Waals surface area (Å²) in [6.07, 6.45) is 1.75. The second-order valence-corrected chi connectivity index (χ2v) is 8.49. The largest absolute Gasteiger partial charge is 0.750 e. The number of aryl methyl sites for hydroxylation is 2. The Morgan fingerprint density at radius 2 is 1.74 bits per heavy atom. The Bertz CT molecular complexity index is 1370. The lowest BCUT2D eigenvalue weighted by molar-refractivity contribution is 0.308. The van der Waals surface area contributed by atoms with Crippen molar-refractivity contribution in [1.29, 1.82) is 0 Å². The number of hydrogen-bond donors (Lipinski definition) is 0. The number of ether oxygens (including phenoxy) is 2. The summed E-state index contributed by atoms with van der Waals surface area (Å²) < 4.78 is 39.4. The number of hydrogen-bond acceptors (Lipinski definition) is 9. The molecule has 2 aromatic carbocycles. The zero-order valence-electron chi connectivity index (χ0n) is 20.1. The van der Waals surface area contributed by atoms with E-state index in [1.165, 1.54) is 0 Å². The highest BCUT2D eigenvalue weighted by Crippen LogP contribution is 2.34. The van der Waals surface area contributed by atoms with Gasteiger partial charge in [-0.2, -0.15) is 5.10 Å². The van der Waals surface area contributed by atoms with Crippen molar-refractivity contribution in [2.24, 2.45) is 7.05 Å². The molecule has 0 aliphatic heterocycles. The maximum Gasteiger partial charge on any atom is 0.124 e. The highest BCUT2D eigenvalue weighted by molar-refractivity contribution is 7.74. The highest BCUT2D eigenvalue weighted by Gasteiger charge is 2.17. The van der Waals surface area contributed by atoms with Crippen LogP contribution in [0.15, 0.2) is 42.6 Å². The van der Waals surface area contributed by atoms with E-state index < -0.39 is 11.4 Å². The van der Waals surface area contributed by atoms with Crippen molar-refractivity contribution in [3.63, 3.8) is 0 Å². The van der Waals surface area contributed by atoms with Gasteiger partial charge < -0.3 is 18.9 Å². The molecule has 0 saturated carbocycles. The number of nitrogens with zero attached hydrogens (tertiary/aromatic N) is 5. The quantitative estimate of drug-likeness (QED) is 0.320. The number of fused-ring (bicyclic) bond motifs is 1. The molecule has 35 heavy (non-hydrogen) atoms. The van der Waals surface area contributed by atoms with Gasteiger partial charge >= 0.3 is 0 Å². The summed E-state index contributed by atoms with van der Waals surface area (Å²) in [5.41, 5.74) is 6.50. The van der Waals surface area contributed by atoms with Gasteiger partial charge in [0, 0.05) is 54.4 Å². The van der Waals surface area contributed by atoms with Crippen LogP contribution in [0.3, 0.4) is 0 Å². The van der Waals surface area contributed by atoms with Crippen LogP contribution in [0, 0.1) is 13.8 Å². The number of anilines is 2. The van der Waals surface area contributed by atoms with E-state index in [0.717, 1.165) is 39.5 Å². The smallest absolute Gasteiger partial charge is 0.124 e. The van der Waals surface area contributed by atoms with Crippen LogP contribution in [-0.2, 0) is 22.6 Å². The van der Waals surface area contributed by atoms with Crippen LogP contribution in [0.2, 0.25) is 0 Å². The molecule has 0 spiro atoms. The van der Waals surface area contributed by atoms with Crippen molar-refractivity contribution in [2.75, 3.05) is 32.3 Å². The molecular weight excluding hydrogens is 470 g/mol. The average molecular weight is 497 g/mol. The summed E-state index contributed by atoms with van der Waals surface area (Å²) in [5.74, 6) is 1.20. The SMILES string of the molecule is COc1cc(OC)cc(N(CCOS(=O)[O-])c2ccc3ncc(-c4c(C)nn(C)c4C)nc3c2)c1. The minimum Gasteiger partial charge on any atom is -0.750 e. The number of aromatic nitrogens is 4. The zero-order valence-corrected chi connectivity index (χ0v) is 21.0. The van der Waals surface area contributed by atoms with E-state index in [2.05, 4.69) is 10.1 Å². The Morgan fingerprint density at radius 1 is 1.03 bits per heavy atom. The molecule has 4 rings (SSSR count). The van der Waals surface area contributed by atoms with Crippen molar-refractivity contribution in [3.8, 4) is 22.8 Å². The molecular formula is C24H26N5O5S-. The van der Waals surface area contributed by atoms with Crippen LogP contribution in [0.5, 0.6) is 11.5 Å². The van der Waals surface area contributed by atoms with E-state index in [1.807, 2.05) is 60.8 Å². The topological polar surface area (TPSA) is 115 Å². The lowest BCUT2D eigenvalue weighted by atomic mass is 10.1. The first kappa shape index (κ1) is 24.6. The van der Waals surface area contributed by atoms with Crippen molar-refractivity contribution in [1.82, 2.24) is 19.7 Å². The third kappa shape index (κ3) is 5.26. The lowest BCUT2D eigenvalue weighted by Crippen LogP contribution is -2.23. The molecule has 0 radical (unpaired) electrons. The molecule has 0 amide bonds. The predicted octanol–water partition coefficient (Wildman–Crippen LogP) is 3.61. The molecule has 0 aliphatic rings. The molecule has 184 valence electrons. The van der Waals surface area contributed by atoms with Crippen LogP contribution in [0.1, 0.15) is 11.4 Å². The Morgan fingerprint density at radius 3 is 2.34 bits per heavy atom. The molecule has 10 nitrogen and oxygen atoms in total. The van der Waals surface area contributed by atoms with Gasteiger partial charge in [0.2, 0.25) is 0 Å². The predicted molar refractivity (Wildman–Crippen MR) is 133 cm³/mol. The van der Waals surface area contributed by atoms with Gasteiger partial charge in [0.1, 0.15) is 11.5 Å². The van der Waals surface area contributed by atoms with E-state index >= 15 is 0 Å². The third-order valence-electron chi connectivity index (χ3n) is 5.74. The summed E-state index contributed by atoms with van der Waals surface area (Å²) in [5, 5.41) is 4.49. The summed E-state index contributed by atoms with van der Waals surface area (Å²) >= 11 is -2.61. The van der Waals surface area contributed by atoms with Crippen LogP contribution >= 0.6 is 0 Å². The Labute approximate surface area is 206 Å². The zero-order chi connectivity index (χ0) is 25.1. The first-order valence-corrected chi connectivity index (χ1v) is 11.8. The second kappa shape index (κ2) is 10.4. The summed E-state index contributed by atoms with van der Waals surface area (Å²) in [7, 11) is 5.04. The molecule has 2 aromatic heterocycles. The number of benzene rings is 2. The summed E-state index contributed by atoms with van der Waals surface area (Å²) in [6.45, 7) is 4.15. The first-order chi connectivity index (χ1) is 16.8. The van der Waals surface area contributed by atoms with Crippen molar-refractivity contribution in [2.45, 2.75) is 13.8 Å². The van der Waals surface area contributed by atoms with Crippen molar-refractivity contribution < 1.29 is 22.4 Å². The standard InChI is InChI=1S/C24H27N5O5S/c1-15-24(16(2)28(3)27-15)23-14-25-21-7-6-17(12-22(21)26-23)29(8-9-34-35(30)31)18-10-19(32-4)13-20(11-18)33-5/h6-7,10-14H,8-9H2,1-5H3,(H,30,31)/p-1. The van der Waals surface area contributed by atoms with Crippen LogP contribution in [-0.4, -0.2) is 55.9 Å². The van der Waals surface area contributed by atoms with Gasteiger partial charge in [-0.1, -0.05) is 0 Å². The fourth-order valence-electron chi connectivity index (χ4n) is 3.98. The van der Waals surface area contributed by atoms with Gasteiger partial charge in [-0.05, 0) is 32.0 Å². The average Bonchev–Trinajstić information content (AvgIpc) is 3.11. The molecule has 0 aliphatic carbocycles. The minimum absolute atomic E-state index is 0.0481. The maximum atomic E-state index is 11.0. The van der Waals surface area contributed by atoms with Crippen molar-refractivity contribution in [3.05, 3.63) is 54.0 Å². The Balaban J connectivity index is 1.80. The summed E-state index contributed by atoms with van der Waals surface area (Å²) in [4.78, 5) is 11.4. The van der Waals surface area contributed by atoms with Gasteiger partial charge in [0.25, 0.3) is 0 Å². The molecule has 4 aromatic rings. The van der Waals surface area contributed by atoms with Crippen molar-refractivity contribution >= 4 is 33.8 Å². The molecule has 2 heterocycles. The molecule has 1 atom stereocenters.